The Labute approximate surface area is 157 Å². The van der Waals surface area contributed by atoms with Gasteiger partial charge in [-0.2, -0.15) is 4.73 Å². The molecule has 0 aliphatic rings. The Hall–Kier alpha value is -1.49. The first-order valence-electron chi connectivity index (χ1n) is 9.05. The maximum absolute atomic E-state index is 12.3. The minimum Gasteiger partial charge on any atom is -0.428 e. The van der Waals surface area contributed by atoms with E-state index in [1.165, 1.54) is 12.8 Å². The maximum Gasteiger partial charge on any atom is 0.217 e. The Kier molecular flexibility index (Phi) is 11.2. The summed E-state index contributed by atoms with van der Waals surface area (Å²) in [6.07, 6.45) is 9.94. The lowest BCUT2D eigenvalue weighted by Crippen LogP contribution is -2.22. The zero-order chi connectivity index (χ0) is 18.1. The molecule has 0 aromatic carbocycles. The predicted molar refractivity (Wildman–Crippen MR) is 104 cm³/mol. The Morgan fingerprint density at radius 2 is 1.40 bits per heavy atom. The first-order valence-corrected chi connectivity index (χ1v) is 9.05. The SMILES string of the molecule is Cc1c(C)n(O)c(C)c(CCCCCCCCCCC(N)=O)c1=O.Cl. The Bertz CT molecular complexity index is 612. The van der Waals surface area contributed by atoms with E-state index in [-0.39, 0.29) is 23.7 Å². The molecule has 5 nitrogen and oxygen atoms in total. The van der Waals surface area contributed by atoms with Crippen molar-refractivity contribution in [3.63, 3.8) is 0 Å². The number of pyridine rings is 1. The van der Waals surface area contributed by atoms with Gasteiger partial charge in [0.2, 0.25) is 5.91 Å². The van der Waals surface area contributed by atoms with Crippen LogP contribution in [0.1, 0.15) is 80.3 Å². The average molecular weight is 373 g/mol. The van der Waals surface area contributed by atoms with Crippen molar-refractivity contribution in [2.24, 2.45) is 5.73 Å². The summed E-state index contributed by atoms with van der Waals surface area (Å²) in [6, 6.07) is 0. The largest absolute Gasteiger partial charge is 0.428 e. The molecule has 1 amide bonds. The number of primary amides is 1. The molecule has 0 unspecified atom stereocenters. The van der Waals surface area contributed by atoms with Gasteiger partial charge < -0.3 is 10.9 Å². The monoisotopic (exact) mass is 372 g/mol. The third-order valence-corrected chi connectivity index (χ3v) is 4.83. The molecule has 0 spiro atoms. The predicted octanol–water partition coefficient (Wildman–Crippen LogP) is 3.97. The molecule has 6 heteroatoms. The summed E-state index contributed by atoms with van der Waals surface area (Å²) in [4.78, 5) is 22.9. The zero-order valence-electron chi connectivity index (χ0n) is 15.8. The maximum atomic E-state index is 12.3. The molecule has 0 radical (unpaired) electrons. The van der Waals surface area contributed by atoms with Crippen molar-refractivity contribution in [2.75, 3.05) is 0 Å². The quantitative estimate of drug-likeness (QED) is 0.455. The summed E-state index contributed by atoms with van der Waals surface area (Å²) in [5.74, 6) is -0.210. The Morgan fingerprint density at radius 1 is 0.920 bits per heavy atom. The molecule has 0 saturated carbocycles. The lowest BCUT2D eigenvalue weighted by atomic mass is 10.0. The molecule has 1 rings (SSSR count). The fourth-order valence-electron chi connectivity index (χ4n) is 3.05. The van der Waals surface area contributed by atoms with Crippen molar-refractivity contribution in [3.8, 4) is 0 Å². The lowest BCUT2D eigenvalue weighted by Gasteiger charge is -2.14. The second-order valence-corrected chi connectivity index (χ2v) is 6.71. The van der Waals surface area contributed by atoms with E-state index in [0.29, 0.717) is 23.4 Å². The number of halogens is 1. The topological polar surface area (TPSA) is 85.3 Å². The van der Waals surface area contributed by atoms with Crippen molar-refractivity contribution in [3.05, 3.63) is 32.7 Å². The van der Waals surface area contributed by atoms with E-state index < -0.39 is 0 Å². The number of aromatic nitrogens is 1. The summed E-state index contributed by atoms with van der Waals surface area (Å²) >= 11 is 0. The van der Waals surface area contributed by atoms with Gasteiger partial charge in [0.15, 0.2) is 5.43 Å². The van der Waals surface area contributed by atoms with Crippen molar-refractivity contribution in [2.45, 2.75) is 85.0 Å². The van der Waals surface area contributed by atoms with E-state index in [0.717, 1.165) is 55.2 Å². The number of carbonyl (C=O) groups is 1. The number of unbranched alkanes of at least 4 members (excludes halogenated alkanes) is 7. The van der Waals surface area contributed by atoms with E-state index in [1.807, 2.05) is 0 Å². The van der Waals surface area contributed by atoms with Crippen molar-refractivity contribution < 1.29 is 10.0 Å². The molecule has 0 atom stereocenters. The van der Waals surface area contributed by atoms with Crippen LogP contribution in [0.4, 0.5) is 0 Å². The molecule has 1 heterocycles. The number of nitrogens with zero attached hydrogens (tertiary/aromatic N) is 1. The number of amides is 1. The van der Waals surface area contributed by atoms with Crippen LogP contribution in [0.15, 0.2) is 4.79 Å². The van der Waals surface area contributed by atoms with Gasteiger partial charge in [0.25, 0.3) is 0 Å². The van der Waals surface area contributed by atoms with Crippen LogP contribution >= 0.6 is 12.4 Å². The Morgan fingerprint density at radius 3 is 1.92 bits per heavy atom. The van der Waals surface area contributed by atoms with Gasteiger partial charge in [-0.25, -0.2) is 0 Å². The molecule has 1 aromatic rings. The van der Waals surface area contributed by atoms with E-state index in [2.05, 4.69) is 0 Å². The van der Waals surface area contributed by atoms with Crippen LogP contribution in [0.3, 0.4) is 0 Å². The van der Waals surface area contributed by atoms with Crippen LogP contribution < -0.4 is 11.2 Å². The van der Waals surface area contributed by atoms with Crippen molar-refractivity contribution >= 4 is 18.3 Å². The first-order chi connectivity index (χ1) is 11.4. The Balaban J connectivity index is 0.00000576. The summed E-state index contributed by atoms with van der Waals surface area (Å²) in [7, 11) is 0. The van der Waals surface area contributed by atoms with Gasteiger partial charge in [0.1, 0.15) is 0 Å². The van der Waals surface area contributed by atoms with Crippen molar-refractivity contribution in [1.29, 1.82) is 0 Å². The first kappa shape index (κ1) is 23.5. The van der Waals surface area contributed by atoms with Gasteiger partial charge in [0, 0.05) is 17.5 Å². The highest BCUT2D eigenvalue weighted by Crippen LogP contribution is 2.14. The second kappa shape index (κ2) is 12.0. The highest BCUT2D eigenvalue weighted by molar-refractivity contribution is 5.85. The minimum absolute atomic E-state index is 0. The molecule has 0 fully saturated rings. The van der Waals surface area contributed by atoms with Gasteiger partial charge in [-0.1, -0.05) is 38.5 Å². The van der Waals surface area contributed by atoms with E-state index in [4.69, 9.17) is 5.73 Å². The number of hydrogen-bond donors (Lipinski definition) is 2. The molecule has 0 saturated heterocycles. The third-order valence-electron chi connectivity index (χ3n) is 4.83. The molecule has 1 aromatic heterocycles. The van der Waals surface area contributed by atoms with Crippen LogP contribution in [0.5, 0.6) is 0 Å². The molecular formula is C19H33ClN2O3. The van der Waals surface area contributed by atoms with Crippen LogP contribution in [-0.2, 0) is 11.2 Å². The van der Waals surface area contributed by atoms with Crippen LogP contribution in [0.25, 0.3) is 0 Å². The number of hydrogen-bond acceptors (Lipinski definition) is 3. The van der Waals surface area contributed by atoms with E-state index >= 15 is 0 Å². The van der Waals surface area contributed by atoms with Gasteiger partial charge in [0.05, 0.1) is 11.4 Å². The lowest BCUT2D eigenvalue weighted by molar-refractivity contribution is -0.118. The highest BCUT2D eigenvalue weighted by atomic mass is 35.5. The summed E-state index contributed by atoms with van der Waals surface area (Å²) < 4.78 is 1.14. The van der Waals surface area contributed by atoms with E-state index in [9.17, 15) is 14.8 Å². The third kappa shape index (κ3) is 7.51. The summed E-state index contributed by atoms with van der Waals surface area (Å²) in [5, 5.41) is 10.0. The fourth-order valence-corrected chi connectivity index (χ4v) is 3.05. The van der Waals surface area contributed by atoms with Crippen LogP contribution in [0, 0.1) is 20.8 Å². The molecule has 0 bridgehead atoms. The standard InChI is InChI=1S/C19H32N2O3.ClH/c1-14-15(2)21(24)16(3)17(19(14)23)12-10-8-6-4-5-7-9-11-13-18(20)22;/h24H,4-13H2,1-3H3,(H2,20,22);1H. The fraction of sp³-hybridized carbons (Fsp3) is 0.684. The van der Waals surface area contributed by atoms with Crippen LogP contribution in [0.2, 0.25) is 0 Å². The number of carbonyl (C=O) groups excluding carboxylic acids is 1. The second-order valence-electron chi connectivity index (χ2n) is 6.71. The molecule has 144 valence electrons. The highest BCUT2D eigenvalue weighted by Gasteiger charge is 2.13. The van der Waals surface area contributed by atoms with E-state index in [1.54, 1.807) is 20.8 Å². The summed E-state index contributed by atoms with van der Waals surface area (Å²) in [6.45, 7) is 5.33. The smallest absolute Gasteiger partial charge is 0.217 e. The number of rotatable bonds is 11. The number of nitrogens with two attached hydrogens (primary N) is 1. The normalized spacial score (nSPS) is 10.5. The molecule has 0 aliphatic heterocycles. The van der Waals surface area contributed by atoms with Crippen molar-refractivity contribution in [1.82, 2.24) is 4.73 Å². The zero-order valence-corrected chi connectivity index (χ0v) is 16.6. The van der Waals surface area contributed by atoms with Gasteiger partial charge >= 0.3 is 0 Å². The molecule has 0 aliphatic carbocycles. The molecule has 25 heavy (non-hydrogen) atoms. The minimum atomic E-state index is -0.210. The molecular weight excluding hydrogens is 340 g/mol. The van der Waals surface area contributed by atoms with Gasteiger partial charge in [-0.05, 0) is 40.0 Å². The van der Waals surface area contributed by atoms with Gasteiger partial charge in [-0.15, -0.1) is 12.4 Å². The van der Waals surface area contributed by atoms with Gasteiger partial charge in [-0.3, -0.25) is 9.59 Å². The van der Waals surface area contributed by atoms with Crippen LogP contribution in [-0.4, -0.2) is 15.8 Å². The molecule has 3 N–H and O–H groups in total. The average Bonchev–Trinajstić information content (AvgIpc) is 2.55. The summed E-state index contributed by atoms with van der Waals surface area (Å²) in [5.41, 5.74) is 7.84.